The Morgan fingerprint density at radius 1 is 1.25 bits per heavy atom. The fourth-order valence-electron chi connectivity index (χ4n) is 2.01. The fourth-order valence-corrected chi connectivity index (χ4v) is 2.01. The molecule has 70 valence electrons. The lowest BCUT2D eigenvalue weighted by atomic mass is 9.81. The zero-order valence-corrected chi connectivity index (χ0v) is 7.72. The van der Waals surface area contributed by atoms with Gasteiger partial charge < -0.3 is 10.1 Å². The van der Waals surface area contributed by atoms with Crippen molar-refractivity contribution in [3.63, 3.8) is 0 Å². The first-order valence-electron chi connectivity index (χ1n) is 5.27. The smallest absolute Gasteiger partial charge is 0.0700 e. The summed E-state index contributed by atoms with van der Waals surface area (Å²) in [5, 5.41) is 3.37. The van der Waals surface area contributed by atoms with Gasteiger partial charge in [-0.3, -0.25) is 0 Å². The van der Waals surface area contributed by atoms with E-state index < -0.39 is 0 Å². The molecule has 1 aliphatic heterocycles. The van der Waals surface area contributed by atoms with E-state index in [0.717, 1.165) is 25.6 Å². The molecule has 1 saturated heterocycles. The summed E-state index contributed by atoms with van der Waals surface area (Å²) in [6.07, 6.45) is 7.60. The zero-order chi connectivity index (χ0) is 8.23. The van der Waals surface area contributed by atoms with Gasteiger partial charge in [0, 0.05) is 13.1 Å². The van der Waals surface area contributed by atoms with Crippen LogP contribution in [-0.2, 0) is 4.74 Å². The van der Waals surface area contributed by atoms with Crippen LogP contribution in [0.1, 0.15) is 32.1 Å². The van der Waals surface area contributed by atoms with E-state index in [1.807, 2.05) is 0 Å². The molecule has 1 saturated carbocycles. The molecule has 2 rings (SSSR count). The van der Waals surface area contributed by atoms with Gasteiger partial charge in [0.15, 0.2) is 0 Å². The minimum absolute atomic E-state index is 0.513. The van der Waals surface area contributed by atoms with Gasteiger partial charge in [-0.05, 0) is 18.8 Å². The molecule has 1 atom stereocenters. The lowest BCUT2D eigenvalue weighted by molar-refractivity contribution is 0.0174. The van der Waals surface area contributed by atoms with E-state index in [1.165, 1.54) is 32.1 Å². The summed E-state index contributed by atoms with van der Waals surface area (Å²) in [6.45, 7) is 3.03. The molecule has 2 fully saturated rings. The van der Waals surface area contributed by atoms with Crippen molar-refractivity contribution in [2.24, 2.45) is 5.92 Å². The highest BCUT2D eigenvalue weighted by atomic mass is 16.5. The van der Waals surface area contributed by atoms with E-state index in [2.05, 4.69) is 5.32 Å². The van der Waals surface area contributed by atoms with Gasteiger partial charge in [-0.1, -0.05) is 19.3 Å². The second-order valence-electron chi connectivity index (χ2n) is 4.07. The highest BCUT2D eigenvalue weighted by Gasteiger charge is 2.20. The molecule has 1 aliphatic carbocycles. The summed E-state index contributed by atoms with van der Waals surface area (Å²) in [7, 11) is 0. The number of morpholine rings is 1. The highest BCUT2D eigenvalue weighted by molar-refractivity contribution is 4.73. The quantitative estimate of drug-likeness (QED) is 0.692. The fraction of sp³-hybridized carbons (Fsp3) is 1.00. The second kappa shape index (κ2) is 4.24. The van der Waals surface area contributed by atoms with Crippen LogP contribution in [0.25, 0.3) is 0 Å². The molecule has 12 heavy (non-hydrogen) atoms. The average molecular weight is 169 g/mol. The number of hydrogen-bond acceptors (Lipinski definition) is 2. The molecule has 0 bridgehead atoms. The molecule has 2 nitrogen and oxygen atoms in total. The van der Waals surface area contributed by atoms with Gasteiger partial charge in [-0.15, -0.1) is 0 Å². The second-order valence-corrected chi connectivity index (χ2v) is 4.07. The molecular formula is C10H19NO. The first-order chi connectivity index (χ1) is 5.95. The molecule has 2 aliphatic rings. The number of rotatable bonds is 3. The van der Waals surface area contributed by atoms with Gasteiger partial charge in [-0.25, -0.2) is 0 Å². The van der Waals surface area contributed by atoms with Crippen LogP contribution in [0.2, 0.25) is 0 Å². The van der Waals surface area contributed by atoms with Gasteiger partial charge in [-0.2, -0.15) is 0 Å². The highest BCUT2D eigenvalue weighted by Crippen LogP contribution is 2.31. The van der Waals surface area contributed by atoms with Crippen LogP contribution in [0.3, 0.4) is 0 Å². The van der Waals surface area contributed by atoms with Crippen LogP contribution in [0, 0.1) is 5.92 Å². The van der Waals surface area contributed by atoms with E-state index in [-0.39, 0.29) is 0 Å². The van der Waals surface area contributed by atoms with E-state index in [0.29, 0.717) is 6.10 Å². The van der Waals surface area contributed by atoms with Crippen molar-refractivity contribution in [2.75, 3.05) is 19.7 Å². The molecule has 0 aromatic rings. The van der Waals surface area contributed by atoms with Crippen LogP contribution in [0.4, 0.5) is 0 Å². The van der Waals surface area contributed by atoms with Crippen molar-refractivity contribution >= 4 is 0 Å². The summed E-state index contributed by atoms with van der Waals surface area (Å²) in [5.74, 6) is 1.04. The van der Waals surface area contributed by atoms with E-state index in [1.54, 1.807) is 0 Å². The Kier molecular flexibility index (Phi) is 3.01. The maximum Gasteiger partial charge on any atom is 0.0700 e. The first-order valence-corrected chi connectivity index (χ1v) is 5.27. The first kappa shape index (κ1) is 8.52. The third kappa shape index (κ3) is 2.20. The summed E-state index contributed by atoms with van der Waals surface area (Å²) >= 11 is 0. The van der Waals surface area contributed by atoms with Crippen molar-refractivity contribution in [1.29, 1.82) is 0 Å². The normalized spacial score (nSPS) is 31.5. The van der Waals surface area contributed by atoms with Crippen molar-refractivity contribution < 1.29 is 4.74 Å². The maximum absolute atomic E-state index is 5.63. The Morgan fingerprint density at radius 3 is 2.75 bits per heavy atom. The average Bonchev–Trinajstić information content (AvgIpc) is 2.04. The lowest BCUT2D eigenvalue weighted by Gasteiger charge is -2.29. The predicted molar refractivity (Wildman–Crippen MR) is 49.2 cm³/mol. The third-order valence-electron chi connectivity index (χ3n) is 3.13. The monoisotopic (exact) mass is 169 g/mol. The molecule has 0 radical (unpaired) electrons. The summed E-state index contributed by atoms with van der Waals surface area (Å²) < 4.78 is 5.63. The van der Waals surface area contributed by atoms with Crippen LogP contribution < -0.4 is 5.32 Å². The minimum Gasteiger partial charge on any atom is -0.376 e. The predicted octanol–water partition coefficient (Wildman–Crippen LogP) is 1.56. The number of nitrogens with one attached hydrogen (secondary N) is 1. The number of ether oxygens (including phenoxy) is 1. The van der Waals surface area contributed by atoms with Gasteiger partial charge >= 0.3 is 0 Å². The Balaban J connectivity index is 1.58. The van der Waals surface area contributed by atoms with Crippen LogP contribution in [-0.4, -0.2) is 25.8 Å². The summed E-state index contributed by atoms with van der Waals surface area (Å²) in [6, 6.07) is 0. The largest absolute Gasteiger partial charge is 0.376 e. The number of hydrogen-bond donors (Lipinski definition) is 1. The van der Waals surface area contributed by atoms with Crippen molar-refractivity contribution in [2.45, 2.75) is 38.2 Å². The van der Waals surface area contributed by atoms with Gasteiger partial charge in [0.25, 0.3) is 0 Å². The van der Waals surface area contributed by atoms with Crippen LogP contribution >= 0.6 is 0 Å². The van der Waals surface area contributed by atoms with E-state index >= 15 is 0 Å². The Bertz CT molecular complexity index is 128. The van der Waals surface area contributed by atoms with Crippen LogP contribution in [0.5, 0.6) is 0 Å². The van der Waals surface area contributed by atoms with E-state index in [4.69, 9.17) is 4.74 Å². The molecule has 1 unspecified atom stereocenters. The Labute approximate surface area is 74.7 Å². The van der Waals surface area contributed by atoms with Crippen molar-refractivity contribution in [1.82, 2.24) is 5.32 Å². The molecule has 0 amide bonds. The van der Waals surface area contributed by atoms with E-state index in [9.17, 15) is 0 Å². The molecule has 2 heteroatoms. The molecule has 1 heterocycles. The summed E-state index contributed by atoms with van der Waals surface area (Å²) in [4.78, 5) is 0. The Morgan fingerprint density at radius 2 is 2.17 bits per heavy atom. The standard InChI is InChI=1S/C10H19NO/c1-2-9(3-1)4-5-10-8-11-6-7-12-10/h9-11H,1-8H2. The van der Waals surface area contributed by atoms with Gasteiger partial charge in [0.1, 0.15) is 0 Å². The van der Waals surface area contributed by atoms with Crippen LogP contribution in [0.15, 0.2) is 0 Å². The summed E-state index contributed by atoms with van der Waals surface area (Å²) in [5.41, 5.74) is 0. The zero-order valence-electron chi connectivity index (χ0n) is 7.72. The molecule has 0 aromatic carbocycles. The molecule has 0 spiro atoms. The van der Waals surface area contributed by atoms with Crippen molar-refractivity contribution in [3.05, 3.63) is 0 Å². The van der Waals surface area contributed by atoms with Crippen molar-refractivity contribution in [3.8, 4) is 0 Å². The lowest BCUT2D eigenvalue weighted by Crippen LogP contribution is -2.38. The maximum atomic E-state index is 5.63. The van der Waals surface area contributed by atoms with Gasteiger partial charge in [0.2, 0.25) is 0 Å². The molecular weight excluding hydrogens is 150 g/mol. The van der Waals surface area contributed by atoms with Gasteiger partial charge in [0.05, 0.1) is 12.7 Å². The molecule has 1 N–H and O–H groups in total. The minimum atomic E-state index is 0.513. The SMILES string of the molecule is C1CC(CCC2CNCCO2)C1. The third-order valence-corrected chi connectivity index (χ3v) is 3.13. The Hall–Kier alpha value is -0.0800. The molecule has 0 aromatic heterocycles. The topological polar surface area (TPSA) is 21.3 Å².